The van der Waals surface area contributed by atoms with E-state index in [0.29, 0.717) is 13.2 Å². The fourth-order valence-electron chi connectivity index (χ4n) is 1.61. The minimum absolute atomic E-state index is 0.0688. The van der Waals surface area contributed by atoms with Crippen LogP contribution in [-0.2, 0) is 14.3 Å². The molecule has 0 radical (unpaired) electrons. The van der Waals surface area contributed by atoms with Gasteiger partial charge in [-0.25, -0.2) is 0 Å². The Morgan fingerprint density at radius 3 is 2.22 bits per heavy atom. The van der Waals surface area contributed by atoms with Crippen molar-refractivity contribution in [2.45, 2.75) is 26.7 Å². The summed E-state index contributed by atoms with van der Waals surface area (Å²) < 4.78 is 4.77. The molecule has 0 aliphatic carbocycles. The number of rotatable bonds is 10. The largest absolute Gasteiger partial charge is 0.466 e. The molecule has 0 N–H and O–H groups in total. The second-order valence-corrected chi connectivity index (χ2v) is 4.60. The molecule has 0 bridgehead atoms. The van der Waals surface area contributed by atoms with E-state index in [-0.39, 0.29) is 12.2 Å². The first-order valence-corrected chi connectivity index (χ1v) is 6.54. The second-order valence-electron chi connectivity index (χ2n) is 4.60. The number of ether oxygens (including phenoxy) is 1. The van der Waals surface area contributed by atoms with Crippen molar-refractivity contribution in [3.8, 4) is 0 Å². The van der Waals surface area contributed by atoms with Crippen LogP contribution in [-0.4, -0.2) is 68.4 Å². The molecule has 0 aromatic rings. The van der Waals surface area contributed by atoms with Gasteiger partial charge in [0.2, 0.25) is 0 Å². The number of hydrogen-bond donors (Lipinski definition) is 0. The Hall–Kier alpha value is -0.940. The van der Waals surface area contributed by atoms with Gasteiger partial charge in [-0.15, -0.1) is 0 Å². The number of carbonyl (C=O) groups excluding carboxylic acids is 2. The average Bonchev–Trinajstić information content (AvgIpc) is 2.26. The van der Waals surface area contributed by atoms with Crippen molar-refractivity contribution in [1.29, 1.82) is 0 Å². The maximum Gasteiger partial charge on any atom is 0.313 e. The molecule has 0 unspecified atom stereocenters. The van der Waals surface area contributed by atoms with E-state index in [1.807, 2.05) is 14.1 Å². The van der Waals surface area contributed by atoms with E-state index < -0.39 is 5.97 Å². The van der Waals surface area contributed by atoms with Crippen LogP contribution in [0.25, 0.3) is 0 Å². The van der Waals surface area contributed by atoms with Crippen molar-refractivity contribution in [2.75, 3.05) is 46.9 Å². The molecule has 0 aromatic heterocycles. The zero-order valence-corrected chi connectivity index (χ0v) is 12.1. The van der Waals surface area contributed by atoms with E-state index in [4.69, 9.17) is 4.74 Å². The molecule has 106 valence electrons. The predicted octanol–water partition coefficient (Wildman–Crippen LogP) is 0.782. The Balaban J connectivity index is 4.05. The SMILES string of the molecule is CCCN(CCN(C)C)CC(=O)CC(=O)OCC. The van der Waals surface area contributed by atoms with Crippen molar-refractivity contribution >= 4 is 11.8 Å². The molecule has 0 aromatic carbocycles. The Labute approximate surface area is 110 Å². The van der Waals surface area contributed by atoms with Gasteiger partial charge in [-0.2, -0.15) is 0 Å². The lowest BCUT2D eigenvalue weighted by Gasteiger charge is -2.22. The van der Waals surface area contributed by atoms with Crippen LogP contribution in [0.4, 0.5) is 0 Å². The molecule has 0 heterocycles. The highest BCUT2D eigenvalue weighted by Gasteiger charge is 2.14. The van der Waals surface area contributed by atoms with Crippen LogP contribution >= 0.6 is 0 Å². The van der Waals surface area contributed by atoms with Gasteiger partial charge in [0.1, 0.15) is 6.42 Å². The fraction of sp³-hybridized carbons (Fsp3) is 0.846. The lowest BCUT2D eigenvalue weighted by molar-refractivity contribution is -0.145. The average molecular weight is 258 g/mol. The van der Waals surface area contributed by atoms with E-state index >= 15 is 0 Å². The van der Waals surface area contributed by atoms with Crippen molar-refractivity contribution in [3.05, 3.63) is 0 Å². The minimum Gasteiger partial charge on any atom is -0.466 e. The van der Waals surface area contributed by atoms with Crippen molar-refractivity contribution in [1.82, 2.24) is 9.80 Å². The van der Waals surface area contributed by atoms with E-state index in [9.17, 15) is 9.59 Å². The summed E-state index contributed by atoms with van der Waals surface area (Å²) in [5, 5.41) is 0. The zero-order chi connectivity index (χ0) is 14.0. The van der Waals surface area contributed by atoms with E-state index in [1.165, 1.54) is 0 Å². The lowest BCUT2D eigenvalue weighted by Crippen LogP contribution is -2.36. The third kappa shape index (κ3) is 9.13. The van der Waals surface area contributed by atoms with Gasteiger partial charge < -0.3 is 9.64 Å². The van der Waals surface area contributed by atoms with Gasteiger partial charge in [0, 0.05) is 13.1 Å². The molecule has 0 amide bonds. The molecule has 5 nitrogen and oxygen atoms in total. The normalized spacial score (nSPS) is 11.0. The second kappa shape index (κ2) is 10.0. The molecule has 0 saturated carbocycles. The molecule has 0 fully saturated rings. The molecule has 18 heavy (non-hydrogen) atoms. The van der Waals surface area contributed by atoms with Crippen LogP contribution in [0.5, 0.6) is 0 Å². The molecule has 0 aliphatic rings. The lowest BCUT2D eigenvalue weighted by atomic mass is 10.2. The summed E-state index contributed by atoms with van der Waals surface area (Å²) in [6.07, 6.45) is 0.885. The van der Waals surface area contributed by atoms with Gasteiger partial charge in [0.05, 0.1) is 13.2 Å². The Kier molecular flexibility index (Phi) is 9.50. The summed E-state index contributed by atoms with van der Waals surface area (Å²) >= 11 is 0. The Morgan fingerprint density at radius 1 is 1.06 bits per heavy atom. The molecule has 0 spiro atoms. The number of esters is 1. The fourth-order valence-corrected chi connectivity index (χ4v) is 1.61. The number of Topliss-reactive ketones (excluding diaryl/α,β-unsaturated/α-hetero) is 1. The highest BCUT2D eigenvalue weighted by molar-refractivity contribution is 5.96. The third-order valence-corrected chi connectivity index (χ3v) is 2.45. The van der Waals surface area contributed by atoms with Crippen LogP contribution in [0.1, 0.15) is 26.7 Å². The van der Waals surface area contributed by atoms with E-state index in [2.05, 4.69) is 16.7 Å². The molecule has 0 rings (SSSR count). The van der Waals surface area contributed by atoms with Crippen LogP contribution in [0, 0.1) is 0 Å². The maximum atomic E-state index is 11.7. The molecule has 0 aliphatic heterocycles. The standard InChI is InChI=1S/C13H26N2O3/c1-5-7-15(9-8-14(3)4)11-12(16)10-13(17)18-6-2/h5-11H2,1-4H3. The number of ketones is 1. The predicted molar refractivity (Wildman–Crippen MR) is 71.5 cm³/mol. The highest BCUT2D eigenvalue weighted by atomic mass is 16.5. The van der Waals surface area contributed by atoms with Crippen molar-refractivity contribution < 1.29 is 14.3 Å². The summed E-state index contributed by atoms with van der Waals surface area (Å²) in [6, 6.07) is 0. The highest BCUT2D eigenvalue weighted by Crippen LogP contribution is 1.96. The quantitative estimate of drug-likeness (QED) is 0.428. The van der Waals surface area contributed by atoms with Gasteiger partial charge in [0.15, 0.2) is 5.78 Å². The van der Waals surface area contributed by atoms with Crippen LogP contribution < -0.4 is 0 Å². The van der Waals surface area contributed by atoms with Crippen molar-refractivity contribution in [3.63, 3.8) is 0 Å². The Bertz CT molecular complexity index is 255. The summed E-state index contributed by atoms with van der Waals surface area (Å²) in [7, 11) is 4.01. The van der Waals surface area contributed by atoms with E-state index in [0.717, 1.165) is 26.1 Å². The van der Waals surface area contributed by atoms with Crippen LogP contribution in [0.15, 0.2) is 0 Å². The molecule has 0 saturated heterocycles. The number of hydrogen-bond acceptors (Lipinski definition) is 5. The zero-order valence-electron chi connectivity index (χ0n) is 12.1. The molecule has 5 heteroatoms. The van der Waals surface area contributed by atoms with E-state index in [1.54, 1.807) is 6.92 Å². The summed E-state index contributed by atoms with van der Waals surface area (Å²) in [6.45, 7) is 7.11. The van der Waals surface area contributed by atoms with Crippen LogP contribution in [0.3, 0.4) is 0 Å². The monoisotopic (exact) mass is 258 g/mol. The summed E-state index contributed by atoms with van der Waals surface area (Å²) in [5.41, 5.74) is 0. The molecule has 0 atom stereocenters. The molecular weight excluding hydrogens is 232 g/mol. The topological polar surface area (TPSA) is 49.9 Å². The number of nitrogens with zero attached hydrogens (tertiary/aromatic N) is 2. The van der Waals surface area contributed by atoms with Crippen LogP contribution in [0.2, 0.25) is 0 Å². The maximum absolute atomic E-state index is 11.7. The minimum atomic E-state index is -0.424. The van der Waals surface area contributed by atoms with Crippen molar-refractivity contribution in [2.24, 2.45) is 0 Å². The Morgan fingerprint density at radius 2 is 1.72 bits per heavy atom. The molecular formula is C13H26N2O3. The number of carbonyl (C=O) groups is 2. The van der Waals surface area contributed by atoms with Gasteiger partial charge in [-0.1, -0.05) is 6.92 Å². The van der Waals surface area contributed by atoms with Gasteiger partial charge in [-0.05, 0) is 34.0 Å². The summed E-state index contributed by atoms with van der Waals surface area (Å²) in [5.74, 6) is -0.493. The first-order valence-electron chi connectivity index (χ1n) is 6.54. The smallest absolute Gasteiger partial charge is 0.313 e. The third-order valence-electron chi connectivity index (χ3n) is 2.45. The van der Waals surface area contributed by atoms with Gasteiger partial charge in [0.25, 0.3) is 0 Å². The first-order chi connectivity index (χ1) is 8.49. The summed E-state index contributed by atoms with van der Waals surface area (Å²) in [4.78, 5) is 27.1. The first kappa shape index (κ1) is 17.1. The van der Waals surface area contributed by atoms with Gasteiger partial charge >= 0.3 is 5.97 Å². The number of likely N-dealkylation sites (N-methyl/N-ethyl adjacent to an activating group) is 1. The van der Waals surface area contributed by atoms with Gasteiger partial charge in [-0.3, -0.25) is 14.5 Å².